The fourth-order valence-electron chi connectivity index (χ4n) is 2.33. The Morgan fingerprint density at radius 2 is 1.90 bits per heavy atom. The maximum absolute atomic E-state index is 5.47. The Kier molecular flexibility index (Phi) is 4.62. The predicted octanol–water partition coefficient (Wildman–Crippen LogP) is 3.07. The van der Waals surface area contributed by atoms with Gasteiger partial charge in [-0.3, -0.25) is 0 Å². The second-order valence-electron chi connectivity index (χ2n) is 4.61. The van der Waals surface area contributed by atoms with Crippen molar-refractivity contribution in [2.24, 2.45) is 0 Å². The quantitative estimate of drug-likeness (QED) is 0.916. The van der Waals surface area contributed by atoms with Gasteiger partial charge in [0, 0.05) is 18.3 Å². The number of aromatic nitrogens is 2. The molecule has 1 aromatic heterocycles. The molecule has 0 aliphatic rings. The number of anilines is 1. The maximum Gasteiger partial charge on any atom is 0.171 e. The Morgan fingerprint density at radius 3 is 2.48 bits per heavy atom. The minimum Gasteiger partial charge on any atom is -0.493 e. The summed E-state index contributed by atoms with van der Waals surface area (Å²) in [6, 6.07) is 5.70. The first-order valence-corrected chi connectivity index (χ1v) is 6.92. The summed E-state index contributed by atoms with van der Waals surface area (Å²) in [7, 11) is 5.10. The van der Waals surface area contributed by atoms with E-state index in [9.17, 15) is 0 Å². The molecule has 0 bridgehead atoms. The molecule has 1 aromatic carbocycles. The van der Waals surface area contributed by atoms with E-state index in [1.165, 1.54) is 0 Å². The van der Waals surface area contributed by atoms with Crippen LogP contribution in [-0.2, 0) is 6.42 Å². The molecule has 1 N–H and O–H groups in total. The van der Waals surface area contributed by atoms with Crippen LogP contribution < -0.4 is 14.8 Å². The Labute approximate surface area is 125 Å². The fraction of sp³-hybridized carbons (Fsp3) is 0.375. The summed E-state index contributed by atoms with van der Waals surface area (Å²) in [5, 5.41) is 3.12. The molecule has 0 aliphatic carbocycles. The number of para-hydroxylation sites is 1. The lowest BCUT2D eigenvalue weighted by atomic mass is 10.1. The molecular weight excluding hydrogens is 266 g/mol. The minimum absolute atomic E-state index is 0.637. The smallest absolute Gasteiger partial charge is 0.171 e. The van der Waals surface area contributed by atoms with Crippen LogP contribution in [0.1, 0.15) is 18.2 Å². The summed E-state index contributed by atoms with van der Waals surface area (Å²) in [6.07, 6.45) is 0.850. The molecule has 0 atom stereocenters. The fourth-order valence-corrected chi connectivity index (χ4v) is 2.33. The number of nitrogens with zero attached hydrogens (tertiary/aromatic N) is 2. The van der Waals surface area contributed by atoms with E-state index in [1.807, 2.05) is 32.2 Å². The monoisotopic (exact) mass is 287 g/mol. The molecule has 5 nitrogen and oxygen atoms in total. The van der Waals surface area contributed by atoms with Crippen molar-refractivity contribution in [1.82, 2.24) is 9.97 Å². The standard InChI is InChI=1S/C16H21N3O2/c1-6-12-10(2)15(17-3)19-16(18-12)11-8-7-9-13(20-4)14(11)21-5/h7-9H,6H2,1-5H3,(H,17,18,19). The molecule has 0 aliphatic heterocycles. The molecule has 0 unspecified atom stereocenters. The number of rotatable bonds is 5. The lowest BCUT2D eigenvalue weighted by Gasteiger charge is -2.14. The third-order valence-corrected chi connectivity index (χ3v) is 3.46. The van der Waals surface area contributed by atoms with Crippen LogP contribution in [0.25, 0.3) is 11.4 Å². The second-order valence-corrected chi connectivity index (χ2v) is 4.61. The number of hydrogen-bond donors (Lipinski definition) is 1. The first kappa shape index (κ1) is 15.1. The molecule has 0 spiro atoms. The molecule has 5 heteroatoms. The maximum atomic E-state index is 5.47. The summed E-state index contributed by atoms with van der Waals surface area (Å²) in [4.78, 5) is 9.26. The molecule has 2 rings (SSSR count). The Hall–Kier alpha value is -2.30. The van der Waals surface area contributed by atoms with Crippen LogP contribution in [-0.4, -0.2) is 31.2 Å². The van der Waals surface area contributed by atoms with E-state index >= 15 is 0 Å². The van der Waals surface area contributed by atoms with E-state index in [-0.39, 0.29) is 0 Å². The van der Waals surface area contributed by atoms with Crippen molar-refractivity contribution in [3.8, 4) is 22.9 Å². The molecule has 0 fully saturated rings. The van der Waals surface area contributed by atoms with Gasteiger partial charge in [-0.1, -0.05) is 13.0 Å². The van der Waals surface area contributed by atoms with Crippen molar-refractivity contribution in [3.63, 3.8) is 0 Å². The third-order valence-electron chi connectivity index (χ3n) is 3.46. The molecule has 0 saturated heterocycles. The first-order valence-electron chi connectivity index (χ1n) is 6.92. The number of nitrogens with one attached hydrogen (secondary N) is 1. The lowest BCUT2D eigenvalue weighted by Crippen LogP contribution is -2.05. The minimum atomic E-state index is 0.637. The van der Waals surface area contributed by atoms with Gasteiger partial charge in [-0.25, -0.2) is 9.97 Å². The van der Waals surface area contributed by atoms with Crippen molar-refractivity contribution >= 4 is 5.82 Å². The van der Waals surface area contributed by atoms with E-state index in [4.69, 9.17) is 9.47 Å². The van der Waals surface area contributed by atoms with Gasteiger partial charge < -0.3 is 14.8 Å². The van der Waals surface area contributed by atoms with Crippen LogP contribution >= 0.6 is 0 Å². The number of aryl methyl sites for hydroxylation is 1. The zero-order chi connectivity index (χ0) is 15.4. The number of benzene rings is 1. The Morgan fingerprint density at radius 1 is 1.14 bits per heavy atom. The van der Waals surface area contributed by atoms with Gasteiger partial charge in [0.15, 0.2) is 17.3 Å². The van der Waals surface area contributed by atoms with Gasteiger partial charge in [0.1, 0.15) is 5.82 Å². The largest absolute Gasteiger partial charge is 0.493 e. The van der Waals surface area contributed by atoms with Crippen LogP contribution in [0.4, 0.5) is 5.82 Å². The average Bonchev–Trinajstić information content (AvgIpc) is 2.54. The lowest BCUT2D eigenvalue weighted by molar-refractivity contribution is 0.356. The van der Waals surface area contributed by atoms with Crippen LogP contribution in [0.3, 0.4) is 0 Å². The number of hydrogen-bond acceptors (Lipinski definition) is 5. The van der Waals surface area contributed by atoms with Gasteiger partial charge in [0.25, 0.3) is 0 Å². The van der Waals surface area contributed by atoms with Crippen LogP contribution in [0.5, 0.6) is 11.5 Å². The zero-order valence-electron chi connectivity index (χ0n) is 13.2. The highest BCUT2D eigenvalue weighted by atomic mass is 16.5. The average molecular weight is 287 g/mol. The van der Waals surface area contributed by atoms with Gasteiger partial charge in [0.05, 0.1) is 19.8 Å². The van der Waals surface area contributed by atoms with Crippen molar-refractivity contribution in [3.05, 3.63) is 29.5 Å². The van der Waals surface area contributed by atoms with E-state index in [0.717, 1.165) is 29.1 Å². The van der Waals surface area contributed by atoms with Crippen molar-refractivity contribution in [1.29, 1.82) is 0 Å². The van der Waals surface area contributed by atoms with Crippen LogP contribution in [0, 0.1) is 6.92 Å². The van der Waals surface area contributed by atoms with Crippen LogP contribution in [0.15, 0.2) is 18.2 Å². The highest BCUT2D eigenvalue weighted by molar-refractivity contribution is 5.70. The predicted molar refractivity (Wildman–Crippen MR) is 84.2 cm³/mol. The summed E-state index contributed by atoms with van der Waals surface area (Å²) in [6.45, 7) is 4.11. The third kappa shape index (κ3) is 2.77. The summed E-state index contributed by atoms with van der Waals surface area (Å²) >= 11 is 0. The molecular formula is C16H21N3O2. The van der Waals surface area contributed by atoms with Gasteiger partial charge in [-0.05, 0) is 25.5 Å². The summed E-state index contributed by atoms with van der Waals surface area (Å²) < 4.78 is 10.8. The Balaban J connectivity index is 2.67. The molecule has 1 heterocycles. The SMILES string of the molecule is CCc1nc(-c2cccc(OC)c2OC)nc(NC)c1C. The van der Waals surface area contributed by atoms with E-state index < -0.39 is 0 Å². The topological polar surface area (TPSA) is 56.3 Å². The van der Waals surface area contributed by atoms with Gasteiger partial charge >= 0.3 is 0 Å². The Bertz CT molecular complexity index is 616. The molecule has 0 radical (unpaired) electrons. The van der Waals surface area contributed by atoms with E-state index in [1.54, 1.807) is 14.2 Å². The molecule has 21 heavy (non-hydrogen) atoms. The van der Waals surface area contributed by atoms with Gasteiger partial charge in [-0.2, -0.15) is 0 Å². The second kappa shape index (κ2) is 6.43. The highest BCUT2D eigenvalue weighted by Crippen LogP contribution is 2.37. The van der Waals surface area contributed by atoms with Crippen LogP contribution in [0.2, 0.25) is 0 Å². The number of methoxy groups -OCH3 is 2. The summed E-state index contributed by atoms with van der Waals surface area (Å²) in [5.74, 6) is 2.79. The highest BCUT2D eigenvalue weighted by Gasteiger charge is 2.16. The number of ether oxygens (including phenoxy) is 2. The van der Waals surface area contributed by atoms with Gasteiger partial charge in [-0.15, -0.1) is 0 Å². The summed E-state index contributed by atoms with van der Waals surface area (Å²) in [5.41, 5.74) is 2.92. The first-order chi connectivity index (χ1) is 10.2. The van der Waals surface area contributed by atoms with E-state index in [0.29, 0.717) is 17.3 Å². The van der Waals surface area contributed by atoms with Gasteiger partial charge in [0.2, 0.25) is 0 Å². The molecule has 2 aromatic rings. The van der Waals surface area contributed by atoms with Crippen molar-refractivity contribution in [2.45, 2.75) is 20.3 Å². The van der Waals surface area contributed by atoms with Crippen molar-refractivity contribution in [2.75, 3.05) is 26.6 Å². The van der Waals surface area contributed by atoms with E-state index in [2.05, 4.69) is 22.2 Å². The molecule has 112 valence electrons. The normalized spacial score (nSPS) is 10.3. The zero-order valence-corrected chi connectivity index (χ0v) is 13.2. The molecule has 0 saturated carbocycles. The van der Waals surface area contributed by atoms with Crippen molar-refractivity contribution < 1.29 is 9.47 Å². The molecule has 0 amide bonds.